The van der Waals surface area contributed by atoms with Crippen LogP contribution in [0.3, 0.4) is 0 Å². The standard InChI is InChI=1S/C17H23N3/c1-13(2)19-11-15-8-9-18-12-17(15)20(4)16-7-5-6-14(3)10-16/h5-10,12-13,19H,11H2,1-4H3. The van der Waals surface area contributed by atoms with Gasteiger partial charge in [-0.2, -0.15) is 0 Å². The molecule has 2 rings (SSSR count). The van der Waals surface area contributed by atoms with Gasteiger partial charge in [0.15, 0.2) is 0 Å². The smallest absolute Gasteiger partial charge is 0.0640 e. The second kappa shape index (κ2) is 6.53. The van der Waals surface area contributed by atoms with Gasteiger partial charge in [0, 0.05) is 31.5 Å². The van der Waals surface area contributed by atoms with Crippen LogP contribution in [0.25, 0.3) is 0 Å². The molecule has 0 atom stereocenters. The zero-order valence-electron chi connectivity index (χ0n) is 12.7. The van der Waals surface area contributed by atoms with Crippen molar-refractivity contribution in [2.24, 2.45) is 0 Å². The molecule has 0 radical (unpaired) electrons. The number of hydrogen-bond acceptors (Lipinski definition) is 3. The Morgan fingerprint density at radius 3 is 2.75 bits per heavy atom. The van der Waals surface area contributed by atoms with Crippen molar-refractivity contribution < 1.29 is 0 Å². The summed E-state index contributed by atoms with van der Waals surface area (Å²) < 4.78 is 0. The second-order valence-corrected chi connectivity index (χ2v) is 5.44. The highest BCUT2D eigenvalue weighted by molar-refractivity contribution is 5.65. The van der Waals surface area contributed by atoms with E-state index in [1.165, 1.54) is 16.8 Å². The maximum atomic E-state index is 4.27. The summed E-state index contributed by atoms with van der Waals surface area (Å²) in [5.74, 6) is 0. The quantitative estimate of drug-likeness (QED) is 0.898. The largest absolute Gasteiger partial charge is 0.343 e. The van der Waals surface area contributed by atoms with Gasteiger partial charge >= 0.3 is 0 Å². The average Bonchev–Trinajstić information content (AvgIpc) is 2.44. The van der Waals surface area contributed by atoms with Crippen molar-refractivity contribution in [2.45, 2.75) is 33.4 Å². The van der Waals surface area contributed by atoms with Crippen molar-refractivity contribution in [3.05, 3.63) is 53.9 Å². The molecule has 0 spiro atoms. The Hall–Kier alpha value is -1.87. The normalized spacial score (nSPS) is 10.8. The first-order chi connectivity index (χ1) is 9.58. The van der Waals surface area contributed by atoms with Gasteiger partial charge in [-0.15, -0.1) is 0 Å². The summed E-state index contributed by atoms with van der Waals surface area (Å²) in [5.41, 5.74) is 4.85. The summed E-state index contributed by atoms with van der Waals surface area (Å²) in [6.45, 7) is 7.28. The van der Waals surface area contributed by atoms with Crippen LogP contribution in [0.4, 0.5) is 11.4 Å². The number of rotatable bonds is 5. The van der Waals surface area contributed by atoms with E-state index in [2.05, 4.69) is 73.4 Å². The van der Waals surface area contributed by atoms with Gasteiger partial charge in [0.05, 0.1) is 11.9 Å². The Kier molecular flexibility index (Phi) is 4.74. The van der Waals surface area contributed by atoms with E-state index >= 15 is 0 Å². The highest BCUT2D eigenvalue weighted by Crippen LogP contribution is 2.26. The van der Waals surface area contributed by atoms with Crippen LogP contribution in [-0.4, -0.2) is 18.1 Å². The zero-order chi connectivity index (χ0) is 14.5. The monoisotopic (exact) mass is 269 g/mol. The highest BCUT2D eigenvalue weighted by Gasteiger charge is 2.09. The lowest BCUT2D eigenvalue weighted by Gasteiger charge is -2.23. The van der Waals surface area contributed by atoms with Crippen molar-refractivity contribution in [2.75, 3.05) is 11.9 Å². The minimum absolute atomic E-state index is 0.472. The Morgan fingerprint density at radius 2 is 2.05 bits per heavy atom. The number of anilines is 2. The average molecular weight is 269 g/mol. The number of aryl methyl sites for hydroxylation is 1. The molecule has 106 valence electrons. The molecule has 2 aromatic rings. The fourth-order valence-corrected chi connectivity index (χ4v) is 2.16. The van der Waals surface area contributed by atoms with Crippen molar-refractivity contribution in [1.29, 1.82) is 0 Å². The molecule has 20 heavy (non-hydrogen) atoms. The van der Waals surface area contributed by atoms with E-state index in [4.69, 9.17) is 0 Å². The van der Waals surface area contributed by atoms with Gasteiger partial charge in [-0.25, -0.2) is 0 Å². The highest BCUT2D eigenvalue weighted by atomic mass is 15.1. The number of hydrogen-bond donors (Lipinski definition) is 1. The lowest BCUT2D eigenvalue weighted by atomic mass is 10.1. The number of aromatic nitrogens is 1. The minimum Gasteiger partial charge on any atom is -0.343 e. The van der Waals surface area contributed by atoms with Crippen LogP contribution in [0.5, 0.6) is 0 Å². The molecule has 0 aliphatic carbocycles. The van der Waals surface area contributed by atoms with E-state index in [0.29, 0.717) is 6.04 Å². The molecule has 0 saturated carbocycles. The topological polar surface area (TPSA) is 28.2 Å². The molecule has 0 aliphatic rings. The lowest BCUT2D eigenvalue weighted by molar-refractivity contribution is 0.588. The van der Waals surface area contributed by atoms with Gasteiger partial charge in [-0.3, -0.25) is 4.98 Å². The van der Waals surface area contributed by atoms with Gasteiger partial charge in [-0.1, -0.05) is 26.0 Å². The van der Waals surface area contributed by atoms with E-state index in [0.717, 1.165) is 12.2 Å². The molecule has 0 saturated heterocycles. The minimum atomic E-state index is 0.472. The fourth-order valence-electron chi connectivity index (χ4n) is 2.16. The summed E-state index contributed by atoms with van der Waals surface area (Å²) >= 11 is 0. The van der Waals surface area contributed by atoms with Gasteiger partial charge in [0.2, 0.25) is 0 Å². The molecule has 0 fully saturated rings. The molecular weight excluding hydrogens is 246 g/mol. The van der Waals surface area contributed by atoms with Gasteiger partial charge in [0.25, 0.3) is 0 Å². The lowest BCUT2D eigenvalue weighted by Crippen LogP contribution is -2.23. The first-order valence-electron chi connectivity index (χ1n) is 7.04. The molecule has 0 bridgehead atoms. The fraction of sp³-hybridized carbons (Fsp3) is 0.353. The summed E-state index contributed by atoms with van der Waals surface area (Å²) in [5, 5.41) is 3.47. The van der Waals surface area contributed by atoms with Crippen LogP contribution in [0.2, 0.25) is 0 Å². The van der Waals surface area contributed by atoms with Crippen LogP contribution in [0.15, 0.2) is 42.7 Å². The predicted octanol–water partition coefficient (Wildman–Crippen LogP) is 3.66. The third-order valence-electron chi connectivity index (χ3n) is 3.34. The Labute approximate surface area is 121 Å². The molecule has 1 aromatic carbocycles. The molecule has 0 amide bonds. The van der Waals surface area contributed by atoms with E-state index < -0.39 is 0 Å². The van der Waals surface area contributed by atoms with Gasteiger partial charge < -0.3 is 10.2 Å². The van der Waals surface area contributed by atoms with Crippen LogP contribution >= 0.6 is 0 Å². The number of nitrogens with zero attached hydrogens (tertiary/aromatic N) is 2. The molecule has 1 aromatic heterocycles. The van der Waals surface area contributed by atoms with Crippen molar-refractivity contribution in [1.82, 2.24) is 10.3 Å². The van der Waals surface area contributed by atoms with E-state index in [1.807, 2.05) is 12.4 Å². The summed E-state index contributed by atoms with van der Waals surface area (Å²) in [6.07, 6.45) is 3.78. The van der Waals surface area contributed by atoms with Crippen molar-refractivity contribution >= 4 is 11.4 Å². The maximum absolute atomic E-state index is 4.27. The number of benzene rings is 1. The van der Waals surface area contributed by atoms with E-state index in [1.54, 1.807) is 0 Å². The molecule has 0 aliphatic heterocycles. The molecule has 1 heterocycles. The zero-order valence-corrected chi connectivity index (χ0v) is 12.7. The molecule has 0 unspecified atom stereocenters. The second-order valence-electron chi connectivity index (χ2n) is 5.44. The molecule has 3 nitrogen and oxygen atoms in total. The Morgan fingerprint density at radius 1 is 1.25 bits per heavy atom. The predicted molar refractivity (Wildman–Crippen MR) is 85.5 cm³/mol. The number of pyridine rings is 1. The Balaban J connectivity index is 2.27. The van der Waals surface area contributed by atoms with Crippen LogP contribution in [-0.2, 0) is 6.54 Å². The summed E-state index contributed by atoms with van der Waals surface area (Å²) in [6, 6.07) is 11.1. The first-order valence-corrected chi connectivity index (χ1v) is 7.04. The number of nitrogens with one attached hydrogen (secondary N) is 1. The van der Waals surface area contributed by atoms with Gasteiger partial charge in [-0.05, 0) is 36.2 Å². The third-order valence-corrected chi connectivity index (χ3v) is 3.34. The van der Waals surface area contributed by atoms with Crippen molar-refractivity contribution in [3.63, 3.8) is 0 Å². The molecule has 1 N–H and O–H groups in total. The van der Waals surface area contributed by atoms with E-state index in [-0.39, 0.29) is 0 Å². The molecular formula is C17H23N3. The Bertz CT molecular complexity index is 564. The maximum Gasteiger partial charge on any atom is 0.0640 e. The summed E-state index contributed by atoms with van der Waals surface area (Å²) in [4.78, 5) is 6.46. The first kappa shape index (κ1) is 14.5. The third kappa shape index (κ3) is 3.58. The SMILES string of the molecule is Cc1cccc(N(C)c2cnccc2CNC(C)C)c1. The van der Waals surface area contributed by atoms with Gasteiger partial charge in [0.1, 0.15) is 0 Å². The van der Waals surface area contributed by atoms with E-state index in [9.17, 15) is 0 Å². The summed E-state index contributed by atoms with van der Waals surface area (Å²) in [7, 11) is 2.09. The van der Waals surface area contributed by atoms with Crippen LogP contribution in [0.1, 0.15) is 25.0 Å². The van der Waals surface area contributed by atoms with Crippen LogP contribution in [0, 0.1) is 6.92 Å². The van der Waals surface area contributed by atoms with Crippen molar-refractivity contribution in [3.8, 4) is 0 Å². The van der Waals surface area contributed by atoms with Crippen LogP contribution < -0.4 is 10.2 Å². The molecule has 3 heteroatoms.